The lowest BCUT2D eigenvalue weighted by Gasteiger charge is -2.30. The van der Waals surface area contributed by atoms with Gasteiger partial charge in [0.05, 0.1) is 29.5 Å². The van der Waals surface area contributed by atoms with E-state index in [9.17, 15) is 14.9 Å². The summed E-state index contributed by atoms with van der Waals surface area (Å²) in [6, 6.07) is 5.37. The molecule has 138 valence electrons. The molecular formula is C16H18ClN5O4. The average molecular weight is 380 g/mol. The van der Waals surface area contributed by atoms with E-state index in [0.717, 1.165) is 25.0 Å². The quantitative estimate of drug-likeness (QED) is 0.610. The molecule has 0 radical (unpaired) electrons. The molecule has 0 unspecified atom stereocenters. The predicted molar refractivity (Wildman–Crippen MR) is 96.6 cm³/mol. The van der Waals surface area contributed by atoms with Crippen molar-refractivity contribution in [1.29, 1.82) is 0 Å². The third-order valence-corrected chi connectivity index (χ3v) is 4.22. The van der Waals surface area contributed by atoms with Gasteiger partial charge in [-0.1, -0.05) is 11.6 Å². The number of nitro groups is 1. The van der Waals surface area contributed by atoms with Crippen LogP contribution in [0.2, 0.25) is 5.02 Å². The first kappa shape index (κ1) is 18.2. The van der Waals surface area contributed by atoms with Gasteiger partial charge in [-0.15, -0.1) is 0 Å². The molecule has 1 aliphatic rings. The highest BCUT2D eigenvalue weighted by Gasteiger charge is 2.17. The summed E-state index contributed by atoms with van der Waals surface area (Å²) in [4.78, 5) is 24.6. The van der Waals surface area contributed by atoms with E-state index in [1.807, 2.05) is 6.07 Å². The van der Waals surface area contributed by atoms with Crippen LogP contribution in [0.4, 0.5) is 17.1 Å². The first-order valence-corrected chi connectivity index (χ1v) is 8.49. The van der Waals surface area contributed by atoms with Gasteiger partial charge in [-0.2, -0.15) is 5.10 Å². The molecule has 0 bridgehead atoms. The number of rotatable bonds is 6. The number of ether oxygens (including phenoxy) is 1. The number of morpholine rings is 1. The maximum Gasteiger partial charge on any atom is 0.306 e. The molecule has 1 aliphatic heterocycles. The topological polar surface area (TPSA) is 103 Å². The highest BCUT2D eigenvalue weighted by atomic mass is 35.5. The van der Waals surface area contributed by atoms with Crippen molar-refractivity contribution in [3.8, 4) is 0 Å². The van der Waals surface area contributed by atoms with E-state index in [-0.39, 0.29) is 24.6 Å². The highest BCUT2D eigenvalue weighted by Crippen LogP contribution is 2.30. The Kier molecular flexibility index (Phi) is 5.69. The summed E-state index contributed by atoms with van der Waals surface area (Å²) in [7, 11) is 0. The molecule has 1 aromatic carbocycles. The number of carbonyl (C=O) groups is 1. The van der Waals surface area contributed by atoms with Gasteiger partial charge in [0.25, 0.3) is 0 Å². The number of nitrogens with zero attached hydrogens (tertiary/aromatic N) is 4. The summed E-state index contributed by atoms with van der Waals surface area (Å²) >= 11 is 6.07. The summed E-state index contributed by atoms with van der Waals surface area (Å²) in [5.74, 6) is -0.222. The third kappa shape index (κ3) is 4.50. The Morgan fingerprint density at radius 1 is 1.38 bits per heavy atom. The van der Waals surface area contributed by atoms with Gasteiger partial charge >= 0.3 is 5.69 Å². The number of carbonyl (C=O) groups excluding carboxylic acids is 1. The zero-order valence-corrected chi connectivity index (χ0v) is 14.7. The smallest absolute Gasteiger partial charge is 0.306 e. The van der Waals surface area contributed by atoms with Gasteiger partial charge in [0.15, 0.2) is 0 Å². The van der Waals surface area contributed by atoms with Gasteiger partial charge in [-0.25, -0.2) is 0 Å². The molecule has 0 aliphatic carbocycles. The Bertz CT molecular complexity index is 804. The fourth-order valence-corrected chi connectivity index (χ4v) is 2.86. The number of aromatic nitrogens is 2. The lowest BCUT2D eigenvalue weighted by atomic mass is 10.2. The van der Waals surface area contributed by atoms with E-state index in [1.165, 1.54) is 10.9 Å². The average Bonchev–Trinajstić information content (AvgIpc) is 3.10. The molecule has 0 spiro atoms. The molecular weight excluding hydrogens is 362 g/mol. The van der Waals surface area contributed by atoms with Crippen molar-refractivity contribution >= 4 is 34.6 Å². The number of benzene rings is 1. The van der Waals surface area contributed by atoms with Gasteiger partial charge < -0.3 is 15.0 Å². The number of anilines is 2. The number of amides is 1. The first-order valence-electron chi connectivity index (χ1n) is 8.12. The second-order valence-electron chi connectivity index (χ2n) is 5.78. The van der Waals surface area contributed by atoms with Crippen LogP contribution in [0.1, 0.15) is 6.42 Å². The Hall–Kier alpha value is -2.65. The fourth-order valence-electron chi connectivity index (χ4n) is 2.69. The van der Waals surface area contributed by atoms with Crippen molar-refractivity contribution in [1.82, 2.24) is 9.78 Å². The predicted octanol–water partition coefficient (Wildman–Crippen LogP) is 2.31. The molecule has 1 aromatic heterocycles. The van der Waals surface area contributed by atoms with Crippen molar-refractivity contribution in [2.75, 3.05) is 36.5 Å². The minimum Gasteiger partial charge on any atom is -0.378 e. The number of halogens is 1. The minimum atomic E-state index is -0.524. The molecule has 2 aromatic rings. The van der Waals surface area contributed by atoms with Crippen LogP contribution in [-0.4, -0.2) is 46.9 Å². The third-order valence-electron chi connectivity index (χ3n) is 3.98. The molecule has 9 nitrogen and oxygen atoms in total. The van der Waals surface area contributed by atoms with E-state index < -0.39 is 4.92 Å². The van der Waals surface area contributed by atoms with Crippen molar-refractivity contribution in [2.24, 2.45) is 0 Å². The summed E-state index contributed by atoms with van der Waals surface area (Å²) < 4.78 is 6.73. The van der Waals surface area contributed by atoms with Crippen LogP contribution >= 0.6 is 11.6 Å². The molecule has 0 atom stereocenters. The number of hydrogen-bond donors (Lipinski definition) is 1. The van der Waals surface area contributed by atoms with Crippen molar-refractivity contribution in [2.45, 2.75) is 13.0 Å². The molecule has 1 fully saturated rings. The van der Waals surface area contributed by atoms with Gasteiger partial charge in [-0.05, 0) is 18.2 Å². The Labute approximate surface area is 154 Å². The van der Waals surface area contributed by atoms with Crippen LogP contribution in [0.3, 0.4) is 0 Å². The number of nitrogens with one attached hydrogen (secondary N) is 1. The molecule has 26 heavy (non-hydrogen) atoms. The van der Waals surface area contributed by atoms with Crippen molar-refractivity contribution < 1.29 is 14.5 Å². The van der Waals surface area contributed by atoms with Crippen LogP contribution in [0.5, 0.6) is 0 Å². The lowest BCUT2D eigenvalue weighted by Crippen LogP contribution is -2.36. The van der Waals surface area contributed by atoms with Crippen LogP contribution in [0.25, 0.3) is 0 Å². The maximum atomic E-state index is 12.3. The maximum absolute atomic E-state index is 12.3. The summed E-state index contributed by atoms with van der Waals surface area (Å²) in [6.45, 7) is 2.98. The zero-order valence-electron chi connectivity index (χ0n) is 13.9. The minimum absolute atomic E-state index is 0.102. The van der Waals surface area contributed by atoms with Crippen LogP contribution < -0.4 is 10.2 Å². The Balaban J connectivity index is 1.64. The lowest BCUT2D eigenvalue weighted by molar-refractivity contribution is -0.385. The number of aryl methyl sites for hydroxylation is 1. The van der Waals surface area contributed by atoms with E-state index >= 15 is 0 Å². The van der Waals surface area contributed by atoms with Crippen molar-refractivity contribution in [3.05, 3.63) is 45.7 Å². The molecule has 2 heterocycles. The largest absolute Gasteiger partial charge is 0.378 e. The SMILES string of the molecule is O=C(CCn1cc([N+](=O)[O-])cn1)Nc1cc(Cl)ccc1N1CCOCC1. The molecule has 3 rings (SSSR count). The molecule has 1 saturated heterocycles. The first-order chi connectivity index (χ1) is 12.5. The van der Waals surface area contributed by atoms with E-state index in [1.54, 1.807) is 12.1 Å². The second kappa shape index (κ2) is 8.15. The molecule has 10 heteroatoms. The molecule has 1 N–H and O–H groups in total. The number of hydrogen-bond acceptors (Lipinski definition) is 6. The van der Waals surface area contributed by atoms with Gasteiger partial charge in [0, 0.05) is 31.1 Å². The Morgan fingerprint density at radius 3 is 2.85 bits per heavy atom. The van der Waals surface area contributed by atoms with Crippen LogP contribution in [0.15, 0.2) is 30.6 Å². The van der Waals surface area contributed by atoms with Crippen molar-refractivity contribution in [3.63, 3.8) is 0 Å². The zero-order chi connectivity index (χ0) is 18.5. The summed E-state index contributed by atoms with van der Waals surface area (Å²) in [5, 5.41) is 17.9. The second-order valence-corrected chi connectivity index (χ2v) is 6.21. The molecule has 1 amide bonds. The van der Waals surface area contributed by atoms with E-state index in [4.69, 9.17) is 16.3 Å². The van der Waals surface area contributed by atoms with Gasteiger partial charge in [0.1, 0.15) is 12.4 Å². The standard InChI is InChI=1S/C16H18ClN5O4/c17-12-1-2-15(20-5-7-26-8-6-20)14(9-12)19-16(23)3-4-21-11-13(10-18-21)22(24)25/h1-2,9-11H,3-8H2,(H,19,23). The van der Waals surface area contributed by atoms with E-state index in [2.05, 4.69) is 15.3 Å². The van der Waals surface area contributed by atoms with Gasteiger partial charge in [0.2, 0.25) is 5.91 Å². The van der Waals surface area contributed by atoms with E-state index in [0.29, 0.717) is 23.9 Å². The molecule has 0 saturated carbocycles. The van der Waals surface area contributed by atoms with Crippen LogP contribution in [-0.2, 0) is 16.1 Å². The van der Waals surface area contributed by atoms with Gasteiger partial charge in [-0.3, -0.25) is 19.6 Å². The van der Waals surface area contributed by atoms with Crippen LogP contribution in [0, 0.1) is 10.1 Å². The summed E-state index contributed by atoms with van der Waals surface area (Å²) in [6.07, 6.45) is 2.59. The summed E-state index contributed by atoms with van der Waals surface area (Å²) in [5.41, 5.74) is 1.42. The fraction of sp³-hybridized carbons (Fsp3) is 0.375. The normalized spacial score (nSPS) is 14.3. The highest BCUT2D eigenvalue weighted by molar-refractivity contribution is 6.31. The monoisotopic (exact) mass is 379 g/mol. The Morgan fingerprint density at radius 2 is 2.15 bits per heavy atom.